The van der Waals surface area contributed by atoms with Crippen LogP contribution >= 0.6 is 0 Å². The molecule has 1 aliphatic rings. The Hall–Kier alpha value is -2.69. The fraction of sp³-hybridized carbons (Fsp3) is 0.688. The Balaban J connectivity index is 2.63. The van der Waals surface area contributed by atoms with Crippen LogP contribution in [0, 0.1) is 5.92 Å². The Morgan fingerprint density at radius 2 is 1.78 bits per heavy atom. The highest BCUT2D eigenvalue weighted by molar-refractivity contribution is 5.93. The number of carboxylic acid groups (broad SMARTS) is 2. The summed E-state index contributed by atoms with van der Waals surface area (Å²) in [5, 5.41) is 22.5. The first-order chi connectivity index (χ1) is 12.5. The summed E-state index contributed by atoms with van der Waals surface area (Å²) in [6.07, 6.45) is 0.353. The molecule has 1 saturated heterocycles. The van der Waals surface area contributed by atoms with Crippen LogP contribution in [0.1, 0.15) is 33.1 Å². The van der Waals surface area contributed by atoms with E-state index >= 15 is 0 Å². The summed E-state index contributed by atoms with van der Waals surface area (Å²) in [6.45, 7) is 3.23. The molecule has 1 rings (SSSR count). The van der Waals surface area contributed by atoms with Gasteiger partial charge in [0, 0.05) is 6.54 Å². The van der Waals surface area contributed by atoms with E-state index in [2.05, 4.69) is 10.6 Å². The van der Waals surface area contributed by atoms with E-state index in [0.29, 0.717) is 19.4 Å². The van der Waals surface area contributed by atoms with Crippen molar-refractivity contribution in [3.8, 4) is 0 Å². The van der Waals surface area contributed by atoms with E-state index in [4.69, 9.17) is 15.9 Å². The number of carbonyl (C=O) groups excluding carboxylic acids is 3. The van der Waals surface area contributed by atoms with Gasteiger partial charge in [0.2, 0.25) is 17.7 Å². The zero-order chi connectivity index (χ0) is 20.7. The van der Waals surface area contributed by atoms with Gasteiger partial charge >= 0.3 is 11.9 Å². The molecule has 1 fully saturated rings. The minimum absolute atomic E-state index is 0.306. The molecule has 27 heavy (non-hydrogen) atoms. The molecule has 3 unspecified atom stereocenters. The van der Waals surface area contributed by atoms with Crippen molar-refractivity contribution >= 4 is 29.7 Å². The van der Waals surface area contributed by atoms with Crippen LogP contribution in [-0.4, -0.2) is 76.0 Å². The molecule has 11 nitrogen and oxygen atoms in total. The van der Waals surface area contributed by atoms with Gasteiger partial charge in [-0.25, -0.2) is 4.79 Å². The van der Waals surface area contributed by atoms with Gasteiger partial charge in [0.15, 0.2) is 0 Å². The molecule has 1 aliphatic heterocycles. The number of aliphatic carboxylic acids is 2. The van der Waals surface area contributed by atoms with E-state index in [-0.39, 0.29) is 5.92 Å². The predicted molar refractivity (Wildman–Crippen MR) is 92.4 cm³/mol. The van der Waals surface area contributed by atoms with Crippen LogP contribution in [0.25, 0.3) is 0 Å². The molecule has 11 heteroatoms. The lowest BCUT2D eigenvalue weighted by atomic mass is 10.0. The fourth-order valence-electron chi connectivity index (χ4n) is 2.77. The topological polar surface area (TPSA) is 179 Å². The van der Waals surface area contributed by atoms with Crippen molar-refractivity contribution in [1.29, 1.82) is 0 Å². The molecule has 1 heterocycles. The summed E-state index contributed by atoms with van der Waals surface area (Å²) in [6, 6.07) is -3.22. The number of nitrogens with zero attached hydrogens (tertiary/aromatic N) is 1. The summed E-state index contributed by atoms with van der Waals surface area (Å²) in [5.74, 6) is -4.63. The standard InChI is InChI=1S/C16H26N4O7/c1-8(2)13(19-14(24)9(17)6-12(22)23)15(25)18-7-11(21)20-5-3-4-10(20)16(26)27/h8-10,13H,3-7,17H2,1-2H3,(H,18,25)(H,19,24)(H,22,23)(H,26,27). The van der Waals surface area contributed by atoms with Gasteiger partial charge in [-0.2, -0.15) is 0 Å². The second kappa shape index (κ2) is 9.86. The largest absolute Gasteiger partial charge is 0.481 e. The average Bonchev–Trinajstić information content (AvgIpc) is 3.06. The first-order valence-corrected chi connectivity index (χ1v) is 8.62. The number of hydrogen-bond acceptors (Lipinski definition) is 6. The summed E-state index contributed by atoms with van der Waals surface area (Å²) in [4.78, 5) is 59.4. The van der Waals surface area contributed by atoms with Crippen molar-refractivity contribution in [2.45, 2.75) is 51.2 Å². The maximum Gasteiger partial charge on any atom is 0.326 e. The van der Waals surface area contributed by atoms with Crippen LogP contribution in [0.15, 0.2) is 0 Å². The third kappa shape index (κ3) is 6.51. The second-order valence-electron chi connectivity index (χ2n) is 6.74. The van der Waals surface area contributed by atoms with Gasteiger partial charge in [-0.1, -0.05) is 13.8 Å². The van der Waals surface area contributed by atoms with E-state index in [1.807, 2.05) is 0 Å². The van der Waals surface area contributed by atoms with Crippen LogP contribution in [0.4, 0.5) is 0 Å². The van der Waals surface area contributed by atoms with Gasteiger partial charge < -0.3 is 31.5 Å². The molecule has 0 aromatic carbocycles. The number of carbonyl (C=O) groups is 5. The van der Waals surface area contributed by atoms with Crippen molar-refractivity contribution in [2.75, 3.05) is 13.1 Å². The van der Waals surface area contributed by atoms with Crippen LogP contribution in [0.5, 0.6) is 0 Å². The van der Waals surface area contributed by atoms with Crippen LogP contribution in [0.3, 0.4) is 0 Å². The molecule has 0 aromatic heterocycles. The van der Waals surface area contributed by atoms with E-state index < -0.39 is 60.8 Å². The normalized spacial score (nSPS) is 18.7. The molecule has 0 bridgehead atoms. The summed E-state index contributed by atoms with van der Waals surface area (Å²) >= 11 is 0. The molecule has 3 amide bonds. The van der Waals surface area contributed by atoms with E-state index in [1.165, 1.54) is 4.90 Å². The number of nitrogens with two attached hydrogens (primary N) is 1. The number of carboxylic acids is 2. The number of rotatable bonds is 9. The summed E-state index contributed by atoms with van der Waals surface area (Å²) < 4.78 is 0. The highest BCUT2D eigenvalue weighted by Gasteiger charge is 2.34. The SMILES string of the molecule is CC(C)C(NC(=O)C(N)CC(=O)O)C(=O)NCC(=O)N1CCCC1C(=O)O. The maximum absolute atomic E-state index is 12.3. The first kappa shape index (κ1) is 22.4. The smallest absolute Gasteiger partial charge is 0.326 e. The zero-order valence-electron chi connectivity index (χ0n) is 15.3. The molecule has 0 saturated carbocycles. The lowest BCUT2D eigenvalue weighted by molar-refractivity contribution is -0.148. The van der Waals surface area contributed by atoms with Crippen molar-refractivity contribution in [3.05, 3.63) is 0 Å². The third-order valence-electron chi connectivity index (χ3n) is 4.25. The monoisotopic (exact) mass is 386 g/mol. The molecule has 152 valence electrons. The molecular formula is C16H26N4O7. The highest BCUT2D eigenvalue weighted by atomic mass is 16.4. The van der Waals surface area contributed by atoms with Crippen molar-refractivity contribution < 1.29 is 34.2 Å². The molecule has 6 N–H and O–H groups in total. The molecular weight excluding hydrogens is 360 g/mol. The van der Waals surface area contributed by atoms with Crippen molar-refractivity contribution in [1.82, 2.24) is 15.5 Å². The summed E-state index contributed by atoms with van der Waals surface area (Å²) in [7, 11) is 0. The average molecular weight is 386 g/mol. The number of amides is 3. The zero-order valence-corrected chi connectivity index (χ0v) is 15.3. The Bertz CT molecular complexity index is 608. The lowest BCUT2D eigenvalue weighted by Gasteiger charge is -2.25. The molecule has 0 spiro atoms. The van der Waals surface area contributed by atoms with E-state index in [9.17, 15) is 24.0 Å². The number of hydrogen-bond donors (Lipinski definition) is 5. The van der Waals surface area contributed by atoms with Gasteiger partial charge in [-0.15, -0.1) is 0 Å². The molecule has 3 atom stereocenters. The number of nitrogens with one attached hydrogen (secondary N) is 2. The third-order valence-corrected chi connectivity index (χ3v) is 4.25. The fourth-order valence-corrected chi connectivity index (χ4v) is 2.77. The minimum Gasteiger partial charge on any atom is -0.481 e. The van der Waals surface area contributed by atoms with Crippen LogP contribution < -0.4 is 16.4 Å². The lowest BCUT2D eigenvalue weighted by Crippen LogP contribution is -2.55. The quantitative estimate of drug-likeness (QED) is 0.305. The second-order valence-corrected chi connectivity index (χ2v) is 6.74. The predicted octanol–water partition coefficient (Wildman–Crippen LogP) is -1.88. The highest BCUT2D eigenvalue weighted by Crippen LogP contribution is 2.17. The van der Waals surface area contributed by atoms with Crippen LogP contribution in [0.2, 0.25) is 0 Å². The molecule has 0 radical (unpaired) electrons. The minimum atomic E-state index is -1.31. The maximum atomic E-state index is 12.3. The summed E-state index contributed by atoms with van der Waals surface area (Å²) in [5.41, 5.74) is 5.47. The first-order valence-electron chi connectivity index (χ1n) is 8.62. The Morgan fingerprint density at radius 1 is 1.15 bits per heavy atom. The van der Waals surface area contributed by atoms with Gasteiger partial charge in [0.05, 0.1) is 19.0 Å². The Kier molecular flexibility index (Phi) is 8.16. The van der Waals surface area contributed by atoms with Crippen molar-refractivity contribution in [3.63, 3.8) is 0 Å². The van der Waals surface area contributed by atoms with Gasteiger partial charge in [0.1, 0.15) is 12.1 Å². The van der Waals surface area contributed by atoms with Gasteiger partial charge in [-0.05, 0) is 18.8 Å². The molecule has 0 aliphatic carbocycles. The molecule has 0 aromatic rings. The van der Waals surface area contributed by atoms with Gasteiger partial charge in [-0.3, -0.25) is 19.2 Å². The van der Waals surface area contributed by atoms with E-state index in [0.717, 1.165) is 0 Å². The van der Waals surface area contributed by atoms with Crippen LogP contribution in [-0.2, 0) is 24.0 Å². The van der Waals surface area contributed by atoms with Gasteiger partial charge in [0.25, 0.3) is 0 Å². The van der Waals surface area contributed by atoms with E-state index in [1.54, 1.807) is 13.8 Å². The Morgan fingerprint density at radius 3 is 2.30 bits per heavy atom. The number of likely N-dealkylation sites (tertiary alicyclic amines) is 1. The van der Waals surface area contributed by atoms with Crippen molar-refractivity contribution in [2.24, 2.45) is 11.7 Å². The Labute approximate surface area is 156 Å².